The Bertz CT molecular complexity index is 407. The summed E-state index contributed by atoms with van der Waals surface area (Å²) in [5, 5.41) is 17.6. The van der Waals surface area contributed by atoms with E-state index in [0.29, 0.717) is 0 Å². The summed E-state index contributed by atoms with van der Waals surface area (Å²) in [6.45, 7) is 1.08. The van der Waals surface area contributed by atoms with Crippen molar-refractivity contribution in [2.24, 2.45) is 0 Å². The number of nitrogens with two attached hydrogens (primary N) is 1. The summed E-state index contributed by atoms with van der Waals surface area (Å²) in [5.74, 6) is -1.01. The lowest BCUT2D eigenvalue weighted by molar-refractivity contribution is 0.0698. The molecule has 4 N–H and O–H groups in total. The molecule has 0 aliphatic heterocycles. The van der Waals surface area contributed by atoms with Gasteiger partial charge in [0.1, 0.15) is 0 Å². The molecule has 0 fully saturated rings. The molecule has 0 unspecified atom stereocenters. The zero-order chi connectivity index (χ0) is 13.5. The first-order valence-corrected chi connectivity index (χ1v) is 6.01. The van der Waals surface area contributed by atoms with Gasteiger partial charge >= 0.3 is 5.97 Å². The van der Waals surface area contributed by atoms with E-state index in [1.807, 2.05) is 11.9 Å². The van der Waals surface area contributed by atoms with E-state index in [2.05, 4.69) is 0 Å². The summed E-state index contributed by atoms with van der Waals surface area (Å²) in [6, 6.07) is 4.96. The molecular weight excluding hydrogens is 232 g/mol. The monoisotopic (exact) mass is 252 g/mol. The van der Waals surface area contributed by atoms with Crippen LogP contribution in [0.2, 0.25) is 0 Å². The molecule has 0 aromatic heterocycles. The lowest BCUT2D eigenvalue weighted by atomic mass is 10.1. The van der Waals surface area contributed by atoms with Crippen molar-refractivity contribution in [3.8, 4) is 0 Å². The lowest BCUT2D eigenvalue weighted by Crippen LogP contribution is -2.19. The number of unbranched alkanes of at least 4 members (excludes halogenated alkanes) is 2. The number of rotatable bonds is 7. The Morgan fingerprint density at radius 1 is 1.33 bits per heavy atom. The predicted molar refractivity (Wildman–Crippen MR) is 72.0 cm³/mol. The van der Waals surface area contributed by atoms with Gasteiger partial charge in [0.05, 0.1) is 5.56 Å². The van der Waals surface area contributed by atoms with Crippen LogP contribution in [0.15, 0.2) is 18.2 Å². The number of aliphatic hydroxyl groups excluding tert-OH is 1. The second-order valence-electron chi connectivity index (χ2n) is 4.28. The van der Waals surface area contributed by atoms with Crippen molar-refractivity contribution in [3.05, 3.63) is 23.8 Å². The topological polar surface area (TPSA) is 86.8 Å². The van der Waals surface area contributed by atoms with Crippen LogP contribution < -0.4 is 10.6 Å². The first-order chi connectivity index (χ1) is 8.56. The molecule has 0 aliphatic rings. The number of anilines is 2. The normalized spacial score (nSPS) is 10.3. The van der Waals surface area contributed by atoms with Gasteiger partial charge in [-0.1, -0.05) is 0 Å². The van der Waals surface area contributed by atoms with Gasteiger partial charge < -0.3 is 20.8 Å². The smallest absolute Gasteiger partial charge is 0.337 e. The summed E-state index contributed by atoms with van der Waals surface area (Å²) in [6.07, 6.45) is 2.77. The average molecular weight is 252 g/mol. The highest BCUT2D eigenvalue weighted by Gasteiger charge is 2.09. The van der Waals surface area contributed by atoms with Crippen molar-refractivity contribution in [1.82, 2.24) is 0 Å². The summed E-state index contributed by atoms with van der Waals surface area (Å²) >= 11 is 0. The summed E-state index contributed by atoms with van der Waals surface area (Å²) in [4.78, 5) is 12.9. The number of nitrogen functional groups attached to an aromatic ring is 1. The molecule has 0 spiro atoms. The van der Waals surface area contributed by atoms with Crippen LogP contribution in [-0.2, 0) is 0 Å². The van der Waals surface area contributed by atoms with Crippen LogP contribution in [0, 0.1) is 0 Å². The first-order valence-electron chi connectivity index (χ1n) is 6.01. The molecule has 0 heterocycles. The molecule has 0 saturated carbocycles. The minimum atomic E-state index is -1.01. The van der Waals surface area contributed by atoms with Crippen molar-refractivity contribution in [3.63, 3.8) is 0 Å². The molecule has 0 radical (unpaired) electrons. The molecule has 5 nitrogen and oxygen atoms in total. The van der Waals surface area contributed by atoms with Gasteiger partial charge in [-0.05, 0) is 37.5 Å². The minimum absolute atomic E-state index is 0.132. The predicted octanol–water partition coefficient (Wildman–Crippen LogP) is 1.57. The Kier molecular flexibility index (Phi) is 5.45. The number of hydrogen-bond acceptors (Lipinski definition) is 4. The third kappa shape index (κ3) is 3.92. The Balaban J connectivity index is 2.61. The number of carbonyl (C=O) groups is 1. The third-order valence-electron chi connectivity index (χ3n) is 2.86. The maximum Gasteiger partial charge on any atom is 0.337 e. The molecule has 1 aromatic carbocycles. The van der Waals surface area contributed by atoms with E-state index >= 15 is 0 Å². The Morgan fingerprint density at radius 3 is 2.61 bits per heavy atom. The van der Waals surface area contributed by atoms with Gasteiger partial charge in [0.2, 0.25) is 0 Å². The Hall–Kier alpha value is -1.75. The van der Waals surface area contributed by atoms with Crippen LogP contribution in [0.5, 0.6) is 0 Å². The first kappa shape index (κ1) is 14.3. The van der Waals surface area contributed by atoms with Crippen molar-refractivity contribution in [1.29, 1.82) is 0 Å². The van der Waals surface area contributed by atoms with E-state index in [1.54, 1.807) is 12.1 Å². The molecule has 0 saturated heterocycles. The standard InChI is InChI=1S/C13H20N2O3/c1-15(7-3-2-4-8-16)10-5-6-11(13(17)18)12(14)9-10/h5-6,9,16H,2-4,7-8,14H2,1H3,(H,17,18). The van der Waals surface area contributed by atoms with Crippen molar-refractivity contribution in [2.75, 3.05) is 30.8 Å². The van der Waals surface area contributed by atoms with Gasteiger partial charge in [0, 0.05) is 31.6 Å². The molecule has 1 rings (SSSR count). The zero-order valence-corrected chi connectivity index (χ0v) is 10.6. The van der Waals surface area contributed by atoms with Crippen LogP contribution in [0.1, 0.15) is 29.6 Å². The summed E-state index contributed by atoms with van der Waals surface area (Å²) in [7, 11) is 1.94. The second kappa shape index (κ2) is 6.86. The lowest BCUT2D eigenvalue weighted by Gasteiger charge is -2.20. The fourth-order valence-corrected chi connectivity index (χ4v) is 1.75. The maximum atomic E-state index is 10.8. The SMILES string of the molecule is CN(CCCCCO)c1ccc(C(=O)O)c(N)c1. The number of aromatic carboxylic acids is 1. The molecule has 100 valence electrons. The number of aliphatic hydroxyl groups is 1. The van der Waals surface area contributed by atoms with Crippen LogP contribution >= 0.6 is 0 Å². The second-order valence-corrected chi connectivity index (χ2v) is 4.28. The quantitative estimate of drug-likeness (QED) is 0.506. The maximum absolute atomic E-state index is 10.8. The van der Waals surface area contributed by atoms with Crippen LogP contribution in [0.4, 0.5) is 11.4 Å². The van der Waals surface area contributed by atoms with Gasteiger partial charge in [0.15, 0.2) is 0 Å². The number of nitrogens with zero attached hydrogens (tertiary/aromatic N) is 1. The average Bonchev–Trinajstić information content (AvgIpc) is 2.33. The van der Waals surface area contributed by atoms with Crippen LogP contribution in [-0.4, -0.2) is 36.4 Å². The fraction of sp³-hybridized carbons (Fsp3) is 0.462. The molecular formula is C13H20N2O3. The Labute approximate surface area is 107 Å². The molecule has 0 aliphatic carbocycles. The van der Waals surface area contributed by atoms with Gasteiger partial charge in [0.25, 0.3) is 0 Å². The highest BCUT2D eigenvalue weighted by atomic mass is 16.4. The molecule has 1 aromatic rings. The van der Waals surface area contributed by atoms with Gasteiger partial charge in [-0.15, -0.1) is 0 Å². The van der Waals surface area contributed by atoms with Crippen molar-refractivity contribution < 1.29 is 15.0 Å². The van der Waals surface area contributed by atoms with Crippen molar-refractivity contribution >= 4 is 17.3 Å². The molecule has 5 heteroatoms. The molecule has 0 bridgehead atoms. The van der Waals surface area contributed by atoms with Crippen LogP contribution in [0.3, 0.4) is 0 Å². The van der Waals surface area contributed by atoms with Gasteiger partial charge in [-0.3, -0.25) is 0 Å². The van der Waals surface area contributed by atoms with E-state index in [9.17, 15) is 4.79 Å². The fourth-order valence-electron chi connectivity index (χ4n) is 1.75. The minimum Gasteiger partial charge on any atom is -0.478 e. The molecule has 18 heavy (non-hydrogen) atoms. The highest BCUT2D eigenvalue weighted by molar-refractivity contribution is 5.94. The zero-order valence-electron chi connectivity index (χ0n) is 10.6. The van der Waals surface area contributed by atoms with E-state index < -0.39 is 5.97 Å². The number of carboxylic acid groups (broad SMARTS) is 1. The number of carboxylic acids is 1. The van der Waals surface area contributed by atoms with E-state index in [0.717, 1.165) is 31.5 Å². The summed E-state index contributed by atoms with van der Waals surface area (Å²) < 4.78 is 0. The van der Waals surface area contributed by atoms with E-state index in [4.69, 9.17) is 15.9 Å². The van der Waals surface area contributed by atoms with Gasteiger partial charge in [-0.2, -0.15) is 0 Å². The third-order valence-corrected chi connectivity index (χ3v) is 2.86. The van der Waals surface area contributed by atoms with E-state index in [1.165, 1.54) is 6.07 Å². The Morgan fingerprint density at radius 2 is 2.06 bits per heavy atom. The van der Waals surface area contributed by atoms with Crippen molar-refractivity contribution in [2.45, 2.75) is 19.3 Å². The van der Waals surface area contributed by atoms with E-state index in [-0.39, 0.29) is 17.9 Å². The molecule has 0 amide bonds. The molecule has 0 atom stereocenters. The van der Waals surface area contributed by atoms with Crippen LogP contribution in [0.25, 0.3) is 0 Å². The summed E-state index contributed by atoms with van der Waals surface area (Å²) in [5.41, 5.74) is 7.01. The van der Waals surface area contributed by atoms with Gasteiger partial charge in [-0.25, -0.2) is 4.79 Å². The number of hydrogen-bond donors (Lipinski definition) is 3. The number of benzene rings is 1. The largest absolute Gasteiger partial charge is 0.478 e. The highest BCUT2D eigenvalue weighted by Crippen LogP contribution is 2.21.